The van der Waals surface area contributed by atoms with Gasteiger partial charge in [-0.3, -0.25) is 4.79 Å². The summed E-state index contributed by atoms with van der Waals surface area (Å²) in [4.78, 5) is 21.4. The average Bonchev–Trinajstić information content (AvgIpc) is 2.73. The molecular weight excluding hydrogens is 440 g/mol. The smallest absolute Gasteiger partial charge is 0.332 e. The first kappa shape index (κ1) is 28.5. The van der Waals surface area contributed by atoms with Crippen LogP contribution in [0.1, 0.15) is 13.8 Å². The Morgan fingerprint density at radius 3 is 1.94 bits per heavy atom. The van der Waals surface area contributed by atoms with Crippen molar-refractivity contribution in [1.82, 2.24) is 5.32 Å². The molecule has 188 valence electrons. The third-order valence-corrected chi connectivity index (χ3v) is 4.90. The lowest BCUT2D eigenvalue weighted by Gasteiger charge is -2.41. The van der Waals surface area contributed by atoms with E-state index >= 15 is 0 Å². The predicted molar refractivity (Wildman–Crippen MR) is 102 cm³/mol. The van der Waals surface area contributed by atoms with E-state index in [-0.39, 0.29) is 0 Å². The lowest BCUT2D eigenvalue weighted by atomic mass is 9.97. The van der Waals surface area contributed by atoms with Crippen molar-refractivity contribution in [2.24, 2.45) is 5.73 Å². The van der Waals surface area contributed by atoms with Crippen LogP contribution < -0.4 is 11.1 Å². The quantitative estimate of drug-likeness (QED) is 0.173. The Kier molecular flexibility index (Phi) is 11.3. The van der Waals surface area contributed by atoms with Crippen molar-refractivity contribution < 1.29 is 64.7 Å². The van der Waals surface area contributed by atoms with Crippen molar-refractivity contribution in [2.45, 2.75) is 81.2 Å². The Labute approximate surface area is 182 Å². The van der Waals surface area contributed by atoms with Gasteiger partial charge in [-0.1, -0.05) is 0 Å². The molecule has 2 rings (SSSR count). The van der Waals surface area contributed by atoms with E-state index in [0.29, 0.717) is 0 Å². The number of carboxylic acids is 1. The van der Waals surface area contributed by atoms with E-state index in [9.17, 15) is 35.1 Å². The Morgan fingerprint density at radius 2 is 1.47 bits per heavy atom. The Hall–Kier alpha value is -1.50. The molecule has 0 saturated carbocycles. The predicted octanol–water partition coefficient (Wildman–Crippen LogP) is -5.84. The monoisotopic (exact) mass is 472 g/mol. The Morgan fingerprint density at radius 1 is 0.969 bits per heavy atom. The van der Waals surface area contributed by atoms with Crippen LogP contribution in [0.25, 0.3) is 0 Å². The molecule has 0 bridgehead atoms. The van der Waals surface area contributed by atoms with Crippen LogP contribution in [0.2, 0.25) is 0 Å². The van der Waals surface area contributed by atoms with Gasteiger partial charge in [0.15, 0.2) is 18.7 Å². The van der Waals surface area contributed by atoms with E-state index in [1.165, 1.54) is 13.8 Å². The summed E-state index contributed by atoms with van der Waals surface area (Å²) in [6.07, 6.45) is -11.3. The summed E-state index contributed by atoms with van der Waals surface area (Å²) < 4.78 is 14.7. The van der Waals surface area contributed by atoms with Crippen LogP contribution in [-0.2, 0) is 23.8 Å². The maximum absolute atomic E-state index is 10.7. The van der Waals surface area contributed by atoms with Crippen molar-refractivity contribution in [2.75, 3.05) is 13.2 Å². The first-order valence-corrected chi connectivity index (χ1v) is 9.69. The second-order valence-electron chi connectivity index (χ2n) is 7.35. The van der Waals surface area contributed by atoms with Crippen molar-refractivity contribution in [3.05, 3.63) is 0 Å². The van der Waals surface area contributed by atoms with Gasteiger partial charge in [0.05, 0.1) is 19.3 Å². The molecule has 1 amide bonds. The summed E-state index contributed by atoms with van der Waals surface area (Å²) in [5.74, 6) is -1.68. The molecule has 0 spiro atoms. The number of amides is 1. The zero-order chi connectivity index (χ0) is 24.7. The van der Waals surface area contributed by atoms with Crippen LogP contribution in [0.5, 0.6) is 0 Å². The number of hydrogen-bond acceptors (Lipinski definition) is 13. The van der Waals surface area contributed by atoms with Crippen LogP contribution in [0.3, 0.4) is 0 Å². The number of aliphatic hydroxyl groups is 7. The highest BCUT2D eigenvalue weighted by Gasteiger charge is 2.45. The second-order valence-corrected chi connectivity index (χ2v) is 7.35. The van der Waals surface area contributed by atoms with Crippen LogP contribution in [0.4, 0.5) is 0 Å². The van der Waals surface area contributed by atoms with Gasteiger partial charge in [0, 0.05) is 6.92 Å². The normalized spacial score (nSPS) is 40.6. The number of nitrogens with one attached hydrogen (secondary N) is 1. The number of nitrogens with two attached hydrogens (primary N) is 1. The van der Waals surface area contributed by atoms with Crippen molar-refractivity contribution in [3.63, 3.8) is 0 Å². The third kappa shape index (κ3) is 7.26. The van der Waals surface area contributed by atoms with Crippen LogP contribution in [-0.4, -0.2) is 133 Å². The number of carboxylic acid groups (broad SMARTS) is 1. The van der Waals surface area contributed by atoms with Gasteiger partial charge in [0.25, 0.3) is 0 Å². The minimum Gasteiger partial charge on any atom is -0.479 e. The van der Waals surface area contributed by atoms with E-state index in [1.807, 2.05) is 0 Å². The van der Waals surface area contributed by atoms with Gasteiger partial charge in [-0.25, -0.2) is 4.79 Å². The van der Waals surface area contributed by atoms with Gasteiger partial charge in [-0.2, -0.15) is 0 Å². The van der Waals surface area contributed by atoms with Crippen LogP contribution in [0.15, 0.2) is 0 Å². The zero-order valence-corrected chi connectivity index (χ0v) is 17.5. The molecule has 0 radical (unpaired) electrons. The molecule has 2 heterocycles. The first-order valence-electron chi connectivity index (χ1n) is 9.69. The molecule has 2 saturated heterocycles. The summed E-state index contributed by atoms with van der Waals surface area (Å²) >= 11 is 0. The number of hydrogen-bond donors (Lipinski definition) is 10. The number of ether oxygens (including phenoxy) is 3. The minimum absolute atomic E-state index is 0.462. The molecule has 2 aliphatic heterocycles. The fourth-order valence-corrected chi connectivity index (χ4v) is 3.06. The molecular formula is C17H32N2O13. The van der Waals surface area contributed by atoms with Gasteiger partial charge in [0.2, 0.25) is 5.91 Å². The Balaban J connectivity index is 0.000000323. The van der Waals surface area contributed by atoms with Crippen LogP contribution in [0, 0.1) is 0 Å². The largest absolute Gasteiger partial charge is 0.479 e. The molecule has 0 aromatic rings. The maximum Gasteiger partial charge on any atom is 0.332 e. The molecule has 0 aromatic heterocycles. The highest BCUT2D eigenvalue weighted by atomic mass is 16.6. The Bertz CT molecular complexity index is 611. The van der Waals surface area contributed by atoms with Gasteiger partial charge < -0.3 is 66.1 Å². The van der Waals surface area contributed by atoms with Gasteiger partial charge in [-0.15, -0.1) is 0 Å². The highest BCUT2D eigenvalue weighted by molar-refractivity contribution is 5.73. The lowest BCUT2D eigenvalue weighted by Crippen LogP contribution is -2.63. The molecule has 11 atom stereocenters. The van der Waals surface area contributed by atoms with E-state index < -0.39 is 92.5 Å². The SMILES string of the molecule is CC(=O)N[C@H]1C(O)O[C@H](CO)[C@@H](O)[C@@H]1O.CC(O[C@H]1[C@H](O)[C@@H](CO)OC(O)[C@@H]1N)C(=O)O. The summed E-state index contributed by atoms with van der Waals surface area (Å²) in [6.45, 7) is 1.43. The standard InChI is InChI=1S/C9H17NO7.C8H15NO6/c1-3(8(13)14)16-7-5(10)9(15)17-4(2-11)6(7)12;1-3(11)9-5-7(13)6(12)4(2-10)15-8(5)14/h3-7,9,11-12,15H,2,10H2,1H3,(H,13,14);4-8,10,12-14H,2H2,1H3,(H,9,11)/t3?,4-,5-,6-,7-,9?;4-,5-,6-,7-,8?/m11/s1. The molecule has 32 heavy (non-hydrogen) atoms. The number of carbonyl (C=O) groups excluding carboxylic acids is 1. The van der Waals surface area contributed by atoms with Crippen molar-refractivity contribution >= 4 is 11.9 Å². The fraction of sp³-hybridized carbons (Fsp3) is 0.882. The van der Waals surface area contributed by atoms with Crippen molar-refractivity contribution in [3.8, 4) is 0 Å². The van der Waals surface area contributed by atoms with Crippen LogP contribution >= 0.6 is 0 Å². The van der Waals surface area contributed by atoms with E-state index in [4.69, 9.17) is 35.3 Å². The van der Waals surface area contributed by atoms with E-state index in [2.05, 4.69) is 5.32 Å². The maximum atomic E-state index is 10.7. The lowest BCUT2D eigenvalue weighted by molar-refractivity contribution is -0.262. The first-order chi connectivity index (χ1) is 14.8. The summed E-state index contributed by atoms with van der Waals surface area (Å²) in [7, 11) is 0. The van der Waals surface area contributed by atoms with Gasteiger partial charge in [0.1, 0.15) is 42.7 Å². The molecule has 0 aliphatic carbocycles. The molecule has 15 nitrogen and oxygen atoms in total. The molecule has 3 unspecified atom stereocenters. The average molecular weight is 472 g/mol. The fourth-order valence-electron chi connectivity index (χ4n) is 3.06. The van der Waals surface area contributed by atoms with Crippen molar-refractivity contribution in [1.29, 1.82) is 0 Å². The van der Waals surface area contributed by atoms with E-state index in [1.54, 1.807) is 0 Å². The van der Waals surface area contributed by atoms with Gasteiger partial charge >= 0.3 is 5.97 Å². The number of aliphatic hydroxyl groups excluding tert-OH is 7. The number of carbonyl (C=O) groups is 2. The topological polar surface area (TPSA) is 262 Å². The minimum atomic E-state index is -1.45. The summed E-state index contributed by atoms with van der Waals surface area (Å²) in [5, 5.41) is 76.2. The van der Waals surface area contributed by atoms with Gasteiger partial charge in [-0.05, 0) is 6.92 Å². The second kappa shape index (κ2) is 12.7. The highest BCUT2D eigenvalue weighted by Crippen LogP contribution is 2.22. The molecule has 11 N–H and O–H groups in total. The molecule has 2 aliphatic rings. The molecule has 0 aromatic carbocycles. The molecule has 15 heteroatoms. The summed E-state index contributed by atoms with van der Waals surface area (Å²) in [5.41, 5.74) is 5.54. The molecule has 2 fully saturated rings. The third-order valence-electron chi connectivity index (χ3n) is 4.90. The van der Waals surface area contributed by atoms with E-state index in [0.717, 1.165) is 0 Å². The number of rotatable bonds is 6. The zero-order valence-electron chi connectivity index (χ0n) is 17.5. The number of aliphatic carboxylic acids is 1. The summed E-state index contributed by atoms with van der Waals surface area (Å²) in [6, 6.07) is -2.19.